The summed E-state index contributed by atoms with van der Waals surface area (Å²) >= 11 is 0. The van der Waals surface area contributed by atoms with Gasteiger partial charge in [-0.25, -0.2) is 18.6 Å². The number of carbonyl (C=O) groups excluding carboxylic acids is 1. The van der Waals surface area contributed by atoms with Crippen LogP contribution in [0.5, 0.6) is 11.5 Å². The van der Waals surface area contributed by atoms with Gasteiger partial charge in [-0.15, -0.1) is 0 Å². The summed E-state index contributed by atoms with van der Waals surface area (Å²) in [5.41, 5.74) is 8.12. The third kappa shape index (κ3) is 2.32. The molecule has 0 saturated heterocycles. The van der Waals surface area contributed by atoms with Crippen LogP contribution in [0.15, 0.2) is 57.5 Å². The number of rotatable bonds is 2. The van der Waals surface area contributed by atoms with Gasteiger partial charge in [0.05, 0.1) is 6.21 Å². The Morgan fingerprint density at radius 2 is 2.00 bits per heavy atom. The Morgan fingerprint density at radius 3 is 2.80 bits per heavy atom. The zero-order chi connectivity index (χ0) is 17.6. The molecule has 0 saturated carbocycles. The van der Waals surface area contributed by atoms with Crippen LogP contribution in [-0.4, -0.2) is 25.6 Å². The number of hydrogen-bond acceptors (Lipinski definition) is 5. The van der Waals surface area contributed by atoms with E-state index in [1.54, 1.807) is 36.5 Å². The van der Waals surface area contributed by atoms with Gasteiger partial charge in [0.2, 0.25) is 9.84 Å². The highest BCUT2D eigenvalue weighted by molar-refractivity contribution is 7.92. The number of primary amides is 1. The van der Waals surface area contributed by atoms with Gasteiger partial charge in [0.15, 0.2) is 0 Å². The molecule has 4 N–H and O–H groups in total. The number of hydrazone groups is 1. The van der Waals surface area contributed by atoms with Crippen molar-refractivity contribution in [2.24, 2.45) is 10.8 Å². The van der Waals surface area contributed by atoms with Crippen molar-refractivity contribution in [1.82, 2.24) is 10.4 Å². The average molecular weight is 356 g/mol. The van der Waals surface area contributed by atoms with Crippen LogP contribution in [0.2, 0.25) is 0 Å². The van der Waals surface area contributed by atoms with E-state index in [0.29, 0.717) is 16.5 Å². The number of nitrogens with two attached hydrogens (primary N) is 1. The molecule has 1 aromatic heterocycles. The Balaban J connectivity index is 1.97. The molecule has 0 fully saturated rings. The fourth-order valence-electron chi connectivity index (χ4n) is 2.80. The maximum Gasteiger partial charge on any atom is 0.332 e. The minimum atomic E-state index is -3.78. The van der Waals surface area contributed by atoms with Gasteiger partial charge in [0.1, 0.15) is 21.3 Å². The number of nitrogens with zero attached hydrogens (tertiary/aromatic N) is 1. The summed E-state index contributed by atoms with van der Waals surface area (Å²) in [4.78, 5) is 13.9. The van der Waals surface area contributed by atoms with E-state index >= 15 is 0 Å². The number of carbonyl (C=O) groups is 1. The fraction of sp³-hybridized carbons (Fsp3) is 0. The molecule has 4 rings (SSSR count). The van der Waals surface area contributed by atoms with E-state index in [1.807, 2.05) is 0 Å². The van der Waals surface area contributed by atoms with Crippen LogP contribution in [0.25, 0.3) is 10.9 Å². The predicted molar refractivity (Wildman–Crippen MR) is 90.6 cm³/mol. The summed E-state index contributed by atoms with van der Waals surface area (Å²) < 4.78 is 32.0. The minimum Gasteiger partial charge on any atom is -0.455 e. The number of urea groups is 1. The van der Waals surface area contributed by atoms with E-state index in [1.165, 1.54) is 12.3 Å². The van der Waals surface area contributed by atoms with Crippen LogP contribution < -0.4 is 15.9 Å². The molecule has 0 atom stereocenters. The molecule has 2 aromatic carbocycles. The topological polar surface area (TPSA) is 127 Å². The number of para-hydroxylation sites is 1. The van der Waals surface area contributed by atoms with Gasteiger partial charge in [-0.3, -0.25) is 0 Å². The SMILES string of the molecule is NC(=O)N/N=C/c1c[nH]c2ccc3c(c12)S(=O)(=O)c1ccccc1O3. The first kappa shape index (κ1) is 15.2. The number of benzene rings is 2. The number of ether oxygens (including phenoxy) is 1. The van der Waals surface area contributed by atoms with Crippen LogP contribution in [-0.2, 0) is 9.84 Å². The van der Waals surface area contributed by atoms with E-state index in [-0.39, 0.29) is 21.3 Å². The molecule has 126 valence electrons. The largest absolute Gasteiger partial charge is 0.455 e. The average Bonchev–Trinajstić information content (AvgIpc) is 2.97. The van der Waals surface area contributed by atoms with Gasteiger partial charge in [-0.1, -0.05) is 12.1 Å². The maximum absolute atomic E-state index is 13.1. The quantitative estimate of drug-likeness (QED) is 0.375. The Labute approximate surface area is 142 Å². The number of aromatic nitrogens is 1. The second kappa shape index (κ2) is 5.35. The Bertz CT molecular complexity index is 1150. The number of aromatic amines is 1. The lowest BCUT2D eigenvalue weighted by molar-refractivity contribution is 0.249. The number of fused-ring (bicyclic) bond motifs is 4. The van der Waals surface area contributed by atoms with E-state index < -0.39 is 15.9 Å². The summed E-state index contributed by atoms with van der Waals surface area (Å²) in [7, 11) is -3.78. The third-order valence-electron chi connectivity index (χ3n) is 3.80. The molecule has 25 heavy (non-hydrogen) atoms. The maximum atomic E-state index is 13.1. The first-order valence-electron chi connectivity index (χ1n) is 7.23. The second-order valence-electron chi connectivity index (χ2n) is 5.35. The highest BCUT2D eigenvalue weighted by Gasteiger charge is 2.34. The third-order valence-corrected chi connectivity index (χ3v) is 5.66. The van der Waals surface area contributed by atoms with Gasteiger partial charge in [0.25, 0.3) is 0 Å². The Kier molecular flexibility index (Phi) is 3.25. The molecule has 0 aliphatic carbocycles. The number of hydrogen-bond donors (Lipinski definition) is 3. The van der Waals surface area contributed by atoms with Crippen molar-refractivity contribution in [3.8, 4) is 11.5 Å². The van der Waals surface area contributed by atoms with E-state index in [4.69, 9.17) is 10.5 Å². The van der Waals surface area contributed by atoms with Gasteiger partial charge in [0, 0.05) is 22.7 Å². The normalized spacial score (nSPS) is 14.7. The summed E-state index contributed by atoms with van der Waals surface area (Å²) in [6, 6.07) is 8.96. The highest BCUT2D eigenvalue weighted by atomic mass is 32.2. The summed E-state index contributed by atoms with van der Waals surface area (Å²) in [5, 5.41) is 4.13. The fourth-order valence-corrected chi connectivity index (χ4v) is 4.52. The van der Waals surface area contributed by atoms with Crippen molar-refractivity contribution < 1.29 is 17.9 Å². The molecule has 0 radical (unpaired) electrons. The van der Waals surface area contributed by atoms with Crippen LogP contribution in [0.4, 0.5) is 4.79 Å². The molecule has 0 spiro atoms. The van der Waals surface area contributed by atoms with E-state index in [0.717, 1.165) is 0 Å². The summed E-state index contributed by atoms with van der Waals surface area (Å²) in [6.45, 7) is 0. The molecule has 3 aromatic rings. The van der Waals surface area contributed by atoms with E-state index in [9.17, 15) is 13.2 Å². The molecule has 0 bridgehead atoms. The summed E-state index contributed by atoms with van der Waals surface area (Å²) in [6.07, 6.45) is 2.91. The Morgan fingerprint density at radius 1 is 1.20 bits per heavy atom. The van der Waals surface area contributed by atoms with Gasteiger partial charge in [-0.05, 0) is 24.3 Å². The number of sulfone groups is 1. The van der Waals surface area contributed by atoms with Crippen molar-refractivity contribution in [3.63, 3.8) is 0 Å². The second-order valence-corrected chi connectivity index (χ2v) is 7.20. The van der Waals surface area contributed by atoms with Gasteiger partial charge >= 0.3 is 6.03 Å². The molecule has 0 unspecified atom stereocenters. The van der Waals surface area contributed by atoms with Crippen molar-refractivity contribution in [2.45, 2.75) is 9.79 Å². The monoisotopic (exact) mass is 356 g/mol. The van der Waals surface area contributed by atoms with Crippen LogP contribution in [0, 0.1) is 0 Å². The predicted octanol–water partition coefficient (Wildman–Crippen LogP) is 2.11. The minimum absolute atomic E-state index is 0.0606. The van der Waals surface area contributed by atoms with E-state index in [2.05, 4.69) is 15.5 Å². The van der Waals surface area contributed by atoms with Crippen molar-refractivity contribution >= 4 is 33.0 Å². The molecule has 2 heterocycles. The smallest absolute Gasteiger partial charge is 0.332 e. The van der Waals surface area contributed by atoms with Crippen LogP contribution in [0.3, 0.4) is 0 Å². The van der Waals surface area contributed by atoms with Crippen molar-refractivity contribution in [1.29, 1.82) is 0 Å². The number of nitrogens with one attached hydrogen (secondary N) is 2. The molecule has 9 heteroatoms. The molecule has 1 aliphatic heterocycles. The van der Waals surface area contributed by atoms with Crippen LogP contribution in [0.1, 0.15) is 5.56 Å². The molecule has 2 amide bonds. The van der Waals surface area contributed by atoms with Crippen molar-refractivity contribution in [2.75, 3.05) is 0 Å². The van der Waals surface area contributed by atoms with Gasteiger partial charge in [-0.2, -0.15) is 5.10 Å². The Hall–Kier alpha value is -3.33. The summed E-state index contributed by atoms with van der Waals surface area (Å²) in [5.74, 6) is 0.527. The molecular weight excluding hydrogens is 344 g/mol. The zero-order valence-corrected chi connectivity index (χ0v) is 13.5. The number of H-pyrrole nitrogens is 1. The lowest BCUT2D eigenvalue weighted by Crippen LogP contribution is -2.24. The highest BCUT2D eigenvalue weighted by Crippen LogP contribution is 2.45. The zero-order valence-electron chi connectivity index (χ0n) is 12.7. The standard InChI is InChI=1S/C16H12N4O4S/c17-16(21)20-19-8-9-7-18-10-5-6-12-15(14(9)10)25(22,23)13-4-2-1-3-11(13)24-12/h1-8,18H,(H3,17,20,21)/b19-8+. The van der Waals surface area contributed by atoms with Gasteiger partial charge < -0.3 is 15.5 Å². The molecular formula is C16H12N4O4S. The first-order valence-corrected chi connectivity index (χ1v) is 8.71. The lowest BCUT2D eigenvalue weighted by atomic mass is 10.1. The molecule has 8 nitrogen and oxygen atoms in total. The molecule has 1 aliphatic rings. The lowest BCUT2D eigenvalue weighted by Gasteiger charge is -2.21. The first-order chi connectivity index (χ1) is 12.0. The van der Waals surface area contributed by atoms with Crippen LogP contribution >= 0.6 is 0 Å². The van der Waals surface area contributed by atoms with Crippen molar-refractivity contribution in [3.05, 3.63) is 48.2 Å². The number of amides is 2.